The second kappa shape index (κ2) is 6.89. The minimum Gasteiger partial charge on any atom is -0.269 e. The first-order chi connectivity index (χ1) is 12.6. The SMILES string of the molecule is Cc1ccccc1-n1nnnc1SCc1cc(=O)n2cc(Cl)ccc2n1. The number of rotatable bonds is 4. The second-order valence-electron chi connectivity index (χ2n) is 5.61. The van der Waals surface area contributed by atoms with Crippen molar-refractivity contribution in [2.24, 2.45) is 0 Å². The molecular weight excluding hydrogens is 372 g/mol. The van der Waals surface area contributed by atoms with Crippen LogP contribution in [0.25, 0.3) is 11.3 Å². The van der Waals surface area contributed by atoms with Crippen molar-refractivity contribution in [1.29, 1.82) is 0 Å². The molecule has 1 aromatic carbocycles. The van der Waals surface area contributed by atoms with Crippen LogP contribution < -0.4 is 5.56 Å². The fourth-order valence-corrected chi connectivity index (χ4v) is 3.50. The molecule has 0 aliphatic heterocycles. The van der Waals surface area contributed by atoms with Crippen LogP contribution in [0.2, 0.25) is 5.02 Å². The summed E-state index contributed by atoms with van der Waals surface area (Å²) in [7, 11) is 0. The molecule has 0 fully saturated rings. The fraction of sp³-hybridized carbons (Fsp3) is 0.118. The molecule has 0 aliphatic rings. The van der Waals surface area contributed by atoms with Crippen LogP contribution in [0.3, 0.4) is 0 Å². The van der Waals surface area contributed by atoms with E-state index < -0.39 is 0 Å². The maximum absolute atomic E-state index is 12.3. The zero-order chi connectivity index (χ0) is 18.1. The van der Waals surface area contributed by atoms with Crippen molar-refractivity contribution < 1.29 is 0 Å². The number of benzene rings is 1. The van der Waals surface area contributed by atoms with Crippen molar-refractivity contribution in [3.63, 3.8) is 0 Å². The highest BCUT2D eigenvalue weighted by molar-refractivity contribution is 7.98. The van der Waals surface area contributed by atoms with Crippen LogP contribution >= 0.6 is 23.4 Å². The first-order valence-corrected chi connectivity index (χ1v) is 9.13. The van der Waals surface area contributed by atoms with E-state index in [4.69, 9.17) is 11.6 Å². The van der Waals surface area contributed by atoms with Crippen molar-refractivity contribution in [2.45, 2.75) is 17.8 Å². The molecule has 7 nitrogen and oxygen atoms in total. The molecule has 0 radical (unpaired) electrons. The van der Waals surface area contributed by atoms with Gasteiger partial charge in [-0.1, -0.05) is 41.6 Å². The molecular formula is C17H13ClN6OS. The maximum Gasteiger partial charge on any atom is 0.258 e. The third kappa shape index (κ3) is 3.21. The molecule has 0 atom stereocenters. The van der Waals surface area contributed by atoms with Gasteiger partial charge in [-0.05, 0) is 41.1 Å². The van der Waals surface area contributed by atoms with E-state index in [0.717, 1.165) is 11.3 Å². The van der Waals surface area contributed by atoms with Crippen LogP contribution in [0.5, 0.6) is 0 Å². The number of aromatic nitrogens is 6. The van der Waals surface area contributed by atoms with E-state index in [1.54, 1.807) is 23.0 Å². The van der Waals surface area contributed by atoms with Crippen molar-refractivity contribution in [3.8, 4) is 5.69 Å². The lowest BCUT2D eigenvalue weighted by Crippen LogP contribution is -2.15. The largest absolute Gasteiger partial charge is 0.269 e. The molecule has 4 rings (SSSR count). The Morgan fingerprint density at radius 1 is 1.19 bits per heavy atom. The predicted molar refractivity (Wildman–Crippen MR) is 99.9 cm³/mol. The monoisotopic (exact) mass is 384 g/mol. The number of halogens is 1. The lowest BCUT2D eigenvalue weighted by molar-refractivity contribution is 0.752. The van der Waals surface area contributed by atoms with Gasteiger partial charge in [0.05, 0.1) is 16.4 Å². The first kappa shape index (κ1) is 16.7. The van der Waals surface area contributed by atoms with E-state index in [2.05, 4.69) is 20.5 Å². The van der Waals surface area contributed by atoms with Gasteiger partial charge in [-0.25, -0.2) is 4.98 Å². The van der Waals surface area contributed by atoms with E-state index >= 15 is 0 Å². The van der Waals surface area contributed by atoms with Gasteiger partial charge < -0.3 is 0 Å². The average Bonchev–Trinajstić information content (AvgIpc) is 3.09. The van der Waals surface area contributed by atoms with Crippen LogP contribution in [0.1, 0.15) is 11.3 Å². The quantitative estimate of drug-likeness (QED) is 0.503. The summed E-state index contributed by atoms with van der Waals surface area (Å²) in [5.74, 6) is 0.473. The standard InChI is InChI=1S/C17H13ClN6OS/c1-11-4-2-3-5-14(11)24-17(20-21-22-24)26-10-13-8-16(25)23-9-12(18)6-7-15(23)19-13/h2-9H,10H2,1H3. The summed E-state index contributed by atoms with van der Waals surface area (Å²) in [5, 5.41) is 13.0. The summed E-state index contributed by atoms with van der Waals surface area (Å²) in [6.45, 7) is 2.00. The summed E-state index contributed by atoms with van der Waals surface area (Å²) < 4.78 is 3.11. The minimum absolute atomic E-state index is 0.174. The molecule has 0 spiro atoms. The highest BCUT2D eigenvalue weighted by Crippen LogP contribution is 2.23. The molecule has 4 aromatic rings. The van der Waals surface area contributed by atoms with Crippen LogP contribution in [-0.2, 0) is 5.75 Å². The molecule has 130 valence electrons. The number of nitrogens with zero attached hydrogens (tertiary/aromatic N) is 6. The Labute approximate surface area is 157 Å². The Hall–Kier alpha value is -2.71. The highest BCUT2D eigenvalue weighted by atomic mass is 35.5. The number of para-hydroxylation sites is 1. The number of fused-ring (bicyclic) bond motifs is 1. The van der Waals surface area contributed by atoms with E-state index in [9.17, 15) is 4.79 Å². The van der Waals surface area contributed by atoms with Crippen molar-refractivity contribution in [3.05, 3.63) is 75.3 Å². The molecule has 0 N–H and O–H groups in total. The minimum atomic E-state index is -0.174. The predicted octanol–water partition coefficient (Wildman–Crippen LogP) is 2.92. The topological polar surface area (TPSA) is 78.0 Å². The molecule has 0 saturated heterocycles. The van der Waals surface area contributed by atoms with Gasteiger partial charge in [-0.3, -0.25) is 9.20 Å². The van der Waals surface area contributed by atoms with Gasteiger partial charge in [-0.2, -0.15) is 4.68 Å². The van der Waals surface area contributed by atoms with Gasteiger partial charge in [0.2, 0.25) is 5.16 Å². The normalized spacial score (nSPS) is 11.2. The van der Waals surface area contributed by atoms with E-state index in [1.807, 2.05) is 31.2 Å². The maximum atomic E-state index is 12.3. The Balaban J connectivity index is 1.62. The molecule has 9 heteroatoms. The van der Waals surface area contributed by atoms with Crippen LogP contribution in [0.4, 0.5) is 0 Å². The number of thioether (sulfide) groups is 1. The van der Waals surface area contributed by atoms with Gasteiger partial charge in [0.15, 0.2) is 0 Å². The third-order valence-electron chi connectivity index (χ3n) is 3.81. The van der Waals surface area contributed by atoms with E-state index in [0.29, 0.717) is 27.3 Å². The molecule has 3 aromatic heterocycles. The van der Waals surface area contributed by atoms with Crippen LogP contribution in [0.15, 0.2) is 58.6 Å². The Bertz CT molecular complexity index is 1160. The van der Waals surface area contributed by atoms with E-state index in [-0.39, 0.29) is 5.56 Å². The van der Waals surface area contributed by atoms with Crippen molar-refractivity contribution in [1.82, 2.24) is 29.6 Å². The lowest BCUT2D eigenvalue weighted by Gasteiger charge is -2.07. The number of pyridine rings is 1. The molecule has 0 amide bonds. The van der Waals surface area contributed by atoms with E-state index in [1.165, 1.54) is 22.2 Å². The van der Waals surface area contributed by atoms with Gasteiger partial charge in [0.1, 0.15) is 5.65 Å². The first-order valence-electron chi connectivity index (χ1n) is 7.77. The smallest absolute Gasteiger partial charge is 0.258 e. The summed E-state index contributed by atoms with van der Waals surface area (Å²) in [4.78, 5) is 16.8. The molecule has 0 saturated carbocycles. The van der Waals surface area contributed by atoms with Gasteiger partial charge in [0, 0.05) is 18.0 Å². The average molecular weight is 385 g/mol. The summed E-state index contributed by atoms with van der Waals surface area (Å²) in [6, 6.07) is 12.8. The Morgan fingerprint density at radius 3 is 2.88 bits per heavy atom. The molecule has 3 heterocycles. The lowest BCUT2D eigenvalue weighted by atomic mass is 10.2. The molecule has 0 bridgehead atoms. The number of hydrogen-bond acceptors (Lipinski definition) is 6. The summed E-state index contributed by atoms with van der Waals surface area (Å²) >= 11 is 7.35. The summed E-state index contributed by atoms with van der Waals surface area (Å²) in [5.41, 5.74) is 3.02. The van der Waals surface area contributed by atoms with Crippen LogP contribution in [-0.4, -0.2) is 29.6 Å². The number of hydrogen-bond donors (Lipinski definition) is 0. The summed E-state index contributed by atoms with van der Waals surface area (Å²) in [6.07, 6.45) is 1.56. The molecule has 0 aliphatic carbocycles. The fourth-order valence-electron chi connectivity index (χ4n) is 2.56. The Kier molecular flexibility index (Phi) is 4.44. The van der Waals surface area contributed by atoms with Gasteiger partial charge in [0.25, 0.3) is 5.56 Å². The Morgan fingerprint density at radius 2 is 2.04 bits per heavy atom. The van der Waals surface area contributed by atoms with Crippen molar-refractivity contribution >= 4 is 29.0 Å². The highest BCUT2D eigenvalue weighted by Gasteiger charge is 2.12. The number of tetrazole rings is 1. The van der Waals surface area contributed by atoms with Gasteiger partial charge >= 0.3 is 0 Å². The molecule has 0 unspecified atom stereocenters. The zero-order valence-corrected chi connectivity index (χ0v) is 15.3. The second-order valence-corrected chi connectivity index (χ2v) is 6.99. The van der Waals surface area contributed by atoms with Crippen molar-refractivity contribution in [2.75, 3.05) is 0 Å². The van der Waals surface area contributed by atoms with Crippen LogP contribution in [0, 0.1) is 6.92 Å². The zero-order valence-electron chi connectivity index (χ0n) is 13.7. The third-order valence-corrected chi connectivity index (χ3v) is 4.99. The molecule has 26 heavy (non-hydrogen) atoms. The number of aryl methyl sites for hydroxylation is 1. The van der Waals surface area contributed by atoms with Gasteiger partial charge in [-0.15, -0.1) is 5.10 Å².